The van der Waals surface area contributed by atoms with Gasteiger partial charge in [0.05, 0.1) is 21.6 Å². The van der Waals surface area contributed by atoms with Crippen LogP contribution in [0.2, 0.25) is 5.02 Å². The Bertz CT molecular complexity index is 660. The van der Waals surface area contributed by atoms with Crippen LogP contribution in [-0.4, -0.2) is 9.13 Å². The number of hydrogen-bond acceptors (Lipinski definition) is 2. The summed E-state index contributed by atoms with van der Waals surface area (Å²) in [4.78, 5) is 12.0. The Kier molecular flexibility index (Phi) is 2.04. The van der Waals surface area contributed by atoms with E-state index >= 15 is 0 Å². The van der Waals surface area contributed by atoms with Crippen LogP contribution in [0.5, 0.6) is 0 Å². The molecule has 0 atom stereocenters. The second-order valence-electron chi connectivity index (χ2n) is 3.07. The minimum absolute atomic E-state index is 0. The minimum atomic E-state index is -2.57. The summed E-state index contributed by atoms with van der Waals surface area (Å²) in [5.74, 6) is 0. The summed E-state index contributed by atoms with van der Waals surface area (Å²) in [7, 11) is 1.68. The zero-order valence-electron chi connectivity index (χ0n) is 10.8. The summed E-state index contributed by atoms with van der Waals surface area (Å²) in [6, 6.07) is 0. The Balaban J connectivity index is 0.00000162. The normalized spacial score (nSPS) is 14.1. The van der Waals surface area contributed by atoms with E-state index in [2.05, 4.69) is 0 Å². The molecule has 0 bridgehead atoms. The van der Waals surface area contributed by atoms with Crippen LogP contribution in [0.15, 0.2) is 17.2 Å². The van der Waals surface area contributed by atoms with Crippen molar-refractivity contribution in [3.8, 4) is 0 Å². The lowest BCUT2D eigenvalue weighted by Gasteiger charge is -2.02. The fourth-order valence-corrected chi connectivity index (χ4v) is 1.84. The van der Waals surface area contributed by atoms with Crippen molar-refractivity contribution in [3.63, 3.8) is 0 Å². The maximum absolute atomic E-state index is 12.0. The van der Waals surface area contributed by atoms with E-state index in [0.717, 1.165) is 6.20 Å². The van der Waals surface area contributed by atoms with Crippen molar-refractivity contribution < 1.29 is 4.11 Å². The van der Waals surface area contributed by atoms with Crippen molar-refractivity contribution in [2.24, 2.45) is 14.0 Å². The highest BCUT2D eigenvalue weighted by Crippen LogP contribution is 2.25. The minimum Gasteiger partial charge on any atom is -0.397 e. The van der Waals surface area contributed by atoms with E-state index in [1.807, 2.05) is 0 Å². The average Bonchev–Trinajstić information content (AvgIpc) is 2.46. The number of aromatic nitrogens is 2. The van der Waals surface area contributed by atoms with Crippen LogP contribution in [0.3, 0.4) is 0 Å². The van der Waals surface area contributed by atoms with E-state index in [-0.39, 0.29) is 28.5 Å². The first-order chi connectivity index (χ1) is 7.73. The molecule has 0 spiro atoms. The highest BCUT2D eigenvalue weighted by molar-refractivity contribution is 6.35. The molecule has 0 amide bonds. The van der Waals surface area contributed by atoms with Gasteiger partial charge in [0.25, 0.3) is 5.56 Å². The molecule has 0 saturated heterocycles. The van der Waals surface area contributed by atoms with Gasteiger partial charge in [-0.05, 0) is 0 Å². The summed E-state index contributed by atoms with van der Waals surface area (Å²) >= 11 is 5.97. The molecule has 0 fully saturated rings. The van der Waals surface area contributed by atoms with Crippen molar-refractivity contribution in [1.29, 1.82) is 0 Å². The number of hydrogen-bond donors (Lipinski definition) is 1. The van der Waals surface area contributed by atoms with E-state index in [4.69, 9.17) is 21.4 Å². The second kappa shape index (κ2) is 3.79. The van der Waals surface area contributed by atoms with Gasteiger partial charge in [0, 0.05) is 30.5 Å². The van der Waals surface area contributed by atoms with Crippen LogP contribution >= 0.6 is 24.0 Å². The molecule has 0 aliphatic carbocycles. The summed E-state index contributed by atoms with van der Waals surface area (Å²) in [6.45, 7) is -2.57. The zero-order valence-corrected chi connectivity index (χ0v) is 9.39. The molecule has 2 aromatic rings. The first-order valence-electron chi connectivity index (χ1n) is 5.39. The van der Waals surface area contributed by atoms with Crippen molar-refractivity contribution in [2.75, 3.05) is 5.73 Å². The van der Waals surface area contributed by atoms with Gasteiger partial charge in [0.15, 0.2) is 0 Å². The number of aryl methyl sites for hydroxylation is 2. The molecule has 0 aliphatic rings. The predicted molar refractivity (Wildman–Crippen MR) is 64.8 cm³/mol. The SMILES string of the molecule is Cl.[2H]C([2H])([2H])n1cc(Cl)c2c(c(N)cn2C)c1=O. The number of anilines is 1. The fraction of sp³-hybridized carbons (Fsp3) is 0.222. The molecule has 0 radical (unpaired) electrons. The van der Waals surface area contributed by atoms with Gasteiger partial charge in [-0.15, -0.1) is 12.4 Å². The van der Waals surface area contributed by atoms with Gasteiger partial charge in [-0.25, -0.2) is 0 Å². The third-order valence-corrected chi connectivity index (χ3v) is 2.39. The van der Waals surface area contributed by atoms with Crippen LogP contribution < -0.4 is 11.3 Å². The quantitative estimate of drug-likeness (QED) is 0.772. The number of fused-ring (bicyclic) bond motifs is 1. The van der Waals surface area contributed by atoms with Crippen molar-refractivity contribution in [3.05, 3.63) is 27.8 Å². The molecule has 15 heavy (non-hydrogen) atoms. The molecule has 4 nitrogen and oxygen atoms in total. The zero-order chi connectivity index (χ0) is 13.0. The summed E-state index contributed by atoms with van der Waals surface area (Å²) < 4.78 is 24.0. The molecular weight excluding hydrogens is 237 g/mol. The maximum Gasteiger partial charge on any atom is 0.261 e. The van der Waals surface area contributed by atoms with Crippen LogP contribution in [0.4, 0.5) is 5.69 Å². The number of halogens is 2. The largest absolute Gasteiger partial charge is 0.397 e. The number of rotatable bonds is 0. The van der Waals surface area contributed by atoms with Crippen molar-refractivity contribution in [2.45, 2.75) is 0 Å². The highest BCUT2D eigenvalue weighted by atomic mass is 35.5. The van der Waals surface area contributed by atoms with Gasteiger partial charge in [-0.1, -0.05) is 11.6 Å². The predicted octanol–water partition coefficient (Wildman–Crippen LogP) is 1.53. The lowest BCUT2D eigenvalue weighted by atomic mass is 10.3. The molecule has 0 unspecified atom stereocenters. The van der Waals surface area contributed by atoms with E-state index in [0.29, 0.717) is 10.1 Å². The molecule has 82 valence electrons. The Labute approximate surface area is 102 Å². The van der Waals surface area contributed by atoms with Gasteiger partial charge in [0.1, 0.15) is 0 Å². The van der Waals surface area contributed by atoms with Crippen molar-refractivity contribution >= 4 is 40.6 Å². The van der Waals surface area contributed by atoms with Crippen LogP contribution in [0.1, 0.15) is 4.11 Å². The Morgan fingerprint density at radius 2 is 2.13 bits per heavy atom. The number of pyridine rings is 1. The Hall–Kier alpha value is -1.13. The average molecular weight is 251 g/mol. The second-order valence-corrected chi connectivity index (χ2v) is 3.48. The Morgan fingerprint density at radius 3 is 2.73 bits per heavy atom. The van der Waals surface area contributed by atoms with Crippen molar-refractivity contribution in [1.82, 2.24) is 9.13 Å². The fourth-order valence-electron chi connectivity index (χ4n) is 1.52. The van der Waals surface area contributed by atoms with Gasteiger partial charge >= 0.3 is 0 Å². The number of nitrogens with zero attached hydrogens (tertiary/aromatic N) is 2. The molecule has 0 saturated carbocycles. The van der Waals surface area contributed by atoms with Gasteiger partial charge in [-0.2, -0.15) is 0 Å². The third-order valence-electron chi connectivity index (χ3n) is 2.11. The topological polar surface area (TPSA) is 52.9 Å². The van der Waals surface area contributed by atoms with E-state index in [1.165, 1.54) is 6.20 Å². The lowest BCUT2D eigenvalue weighted by molar-refractivity contribution is 0.869. The molecule has 0 aromatic carbocycles. The first-order valence-corrected chi connectivity index (χ1v) is 4.27. The number of nitrogen functional groups attached to an aromatic ring is 1. The monoisotopic (exact) mass is 250 g/mol. The smallest absolute Gasteiger partial charge is 0.261 e. The molecule has 0 aliphatic heterocycles. The highest BCUT2D eigenvalue weighted by Gasteiger charge is 2.12. The third kappa shape index (κ3) is 1.60. The van der Waals surface area contributed by atoms with Gasteiger partial charge in [-0.3, -0.25) is 4.79 Å². The van der Waals surface area contributed by atoms with Gasteiger partial charge in [0.2, 0.25) is 0 Å². The van der Waals surface area contributed by atoms with Crippen LogP contribution in [-0.2, 0) is 14.0 Å². The molecule has 2 aromatic heterocycles. The summed E-state index contributed by atoms with van der Waals surface area (Å²) in [5.41, 5.74) is 5.67. The van der Waals surface area contributed by atoms with E-state index in [9.17, 15) is 4.79 Å². The number of nitrogens with two attached hydrogens (primary N) is 1. The van der Waals surface area contributed by atoms with E-state index < -0.39 is 12.5 Å². The summed E-state index contributed by atoms with van der Waals surface area (Å²) in [6.07, 6.45) is 2.64. The first kappa shape index (κ1) is 8.07. The molecular formula is C9H11Cl2N3O. The molecule has 2 heterocycles. The molecule has 2 rings (SSSR count). The maximum atomic E-state index is 12.0. The van der Waals surface area contributed by atoms with Crippen LogP contribution in [0.25, 0.3) is 10.9 Å². The van der Waals surface area contributed by atoms with E-state index in [1.54, 1.807) is 11.6 Å². The van der Waals surface area contributed by atoms with Crippen LogP contribution in [0, 0.1) is 0 Å². The standard InChI is InChI=1S/C9H10ClN3O.ClH/c1-12-4-6(11)7-8(12)5(10)3-13(2)9(7)14;/h3-4H,11H2,1-2H3;1H/i2D3;. The summed E-state index contributed by atoms with van der Waals surface area (Å²) in [5, 5.41) is 0.311. The molecule has 2 N–H and O–H groups in total. The Morgan fingerprint density at radius 1 is 1.47 bits per heavy atom. The lowest BCUT2D eigenvalue weighted by Crippen LogP contribution is -2.16. The van der Waals surface area contributed by atoms with Gasteiger partial charge < -0.3 is 14.9 Å². The molecule has 6 heteroatoms.